The van der Waals surface area contributed by atoms with Crippen LogP contribution in [0.4, 0.5) is 0 Å². The van der Waals surface area contributed by atoms with Crippen LogP contribution in [0.5, 0.6) is 17.9 Å². The molecule has 0 bridgehead atoms. The Labute approximate surface area is 199 Å². The summed E-state index contributed by atoms with van der Waals surface area (Å²) in [5.74, 6) is 0.957. The van der Waals surface area contributed by atoms with Gasteiger partial charge in [0.1, 0.15) is 6.61 Å². The normalized spacial score (nSPS) is 11.2. The highest BCUT2D eigenvalue weighted by atomic mass is 16.7. The fourth-order valence-electron chi connectivity index (χ4n) is 3.31. The van der Waals surface area contributed by atoms with Crippen molar-refractivity contribution >= 4 is 0 Å². The first-order valence-corrected chi connectivity index (χ1v) is 13.1. The Morgan fingerprint density at radius 3 is 1.73 bits per heavy atom. The molecule has 0 N–H and O–H groups in total. The third-order valence-corrected chi connectivity index (χ3v) is 5.30. The molecule has 33 heavy (non-hydrogen) atoms. The van der Waals surface area contributed by atoms with Crippen molar-refractivity contribution in [3.8, 4) is 29.4 Å². The summed E-state index contributed by atoms with van der Waals surface area (Å²) in [7, 11) is 0. The highest BCUT2D eigenvalue weighted by Gasteiger charge is 2.27. The molecule has 2 rings (SSSR count). The molecule has 0 spiro atoms. The van der Waals surface area contributed by atoms with Crippen LogP contribution in [-0.2, 0) is 0 Å². The molecule has 2 aliphatic heterocycles. The molecule has 0 unspecified atom stereocenters. The van der Waals surface area contributed by atoms with Crippen LogP contribution >= 0.6 is 0 Å². The maximum Gasteiger partial charge on any atom is 0.336 e. The van der Waals surface area contributed by atoms with Gasteiger partial charge in [0.2, 0.25) is 0 Å². The van der Waals surface area contributed by atoms with Crippen LogP contribution in [0.2, 0.25) is 0 Å². The van der Waals surface area contributed by atoms with Crippen LogP contribution in [0.1, 0.15) is 105 Å². The van der Waals surface area contributed by atoms with Gasteiger partial charge >= 0.3 is 12.0 Å². The van der Waals surface area contributed by atoms with Gasteiger partial charge in [0, 0.05) is 0 Å². The third kappa shape index (κ3) is 9.26. The summed E-state index contributed by atoms with van der Waals surface area (Å²) >= 11 is 0. The Balaban J connectivity index is 2.31. The van der Waals surface area contributed by atoms with E-state index in [4.69, 9.17) is 19.0 Å². The minimum atomic E-state index is 0.327. The van der Waals surface area contributed by atoms with Gasteiger partial charge in [0.15, 0.2) is 11.5 Å². The molecule has 0 aromatic carbocycles. The number of hydrogen-bond donors (Lipinski definition) is 0. The van der Waals surface area contributed by atoms with Gasteiger partial charge in [-0.2, -0.15) is 15.0 Å². The lowest BCUT2D eigenvalue weighted by atomic mass is 10.3. The van der Waals surface area contributed by atoms with Crippen LogP contribution in [0.3, 0.4) is 0 Å². The number of aromatic nitrogens is 4. The second kappa shape index (κ2) is 16.4. The number of imidazole rings is 1. The van der Waals surface area contributed by atoms with E-state index in [1.54, 1.807) is 4.73 Å². The zero-order valence-corrected chi connectivity index (χ0v) is 21.2. The van der Waals surface area contributed by atoms with Crippen molar-refractivity contribution in [2.75, 3.05) is 26.4 Å². The first-order chi connectivity index (χ1) is 16.2. The zero-order valence-electron chi connectivity index (χ0n) is 21.2. The van der Waals surface area contributed by atoms with E-state index in [9.17, 15) is 0 Å². The molecule has 8 nitrogen and oxygen atoms in total. The molecule has 188 valence electrons. The summed E-state index contributed by atoms with van der Waals surface area (Å²) in [5, 5.41) is 0. The number of nitrogens with zero attached hydrogens (tertiary/aromatic N) is 4. The molecule has 0 amide bonds. The van der Waals surface area contributed by atoms with Crippen molar-refractivity contribution in [1.82, 2.24) is 19.7 Å². The fraction of sp³-hybridized carbons (Fsp3) is 0.800. The zero-order chi connectivity index (χ0) is 23.7. The number of fused-ring (bicyclic) bond motifs is 1. The minimum Gasteiger partial charge on any atom is -0.475 e. The average Bonchev–Trinajstić information content (AvgIpc) is 3.23. The Kier molecular flexibility index (Phi) is 13.4. The third-order valence-electron chi connectivity index (χ3n) is 5.30. The lowest BCUT2D eigenvalue weighted by molar-refractivity contribution is 0.0530. The van der Waals surface area contributed by atoms with Crippen LogP contribution in [-0.4, -0.2) is 46.1 Å². The molecular formula is C25H44N4O4. The van der Waals surface area contributed by atoms with E-state index < -0.39 is 0 Å². The molecule has 0 fully saturated rings. The van der Waals surface area contributed by atoms with Crippen LogP contribution in [0, 0.1) is 0 Å². The van der Waals surface area contributed by atoms with Crippen LogP contribution in [0.25, 0.3) is 11.5 Å². The maximum atomic E-state index is 6.19. The van der Waals surface area contributed by atoms with Crippen molar-refractivity contribution in [3.05, 3.63) is 0 Å². The summed E-state index contributed by atoms with van der Waals surface area (Å²) in [6, 6.07) is 0.686. The Hall–Kier alpha value is -2.25. The Morgan fingerprint density at radius 1 is 0.576 bits per heavy atom. The van der Waals surface area contributed by atoms with E-state index >= 15 is 0 Å². The van der Waals surface area contributed by atoms with Crippen molar-refractivity contribution < 1.29 is 19.0 Å². The van der Waals surface area contributed by atoms with Gasteiger partial charge in [-0.3, -0.25) is 0 Å². The molecule has 0 saturated heterocycles. The smallest absolute Gasteiger partial charge is 0.336 e. The second-order valence-electron chi connectivity index (χ2n) is 8.38. The van der Waals surface area contributed by atoms with Crippen molar-refractivity contribution in [2.24, 2.45) is 0 Å². The number of hydrogen-bond acceptors (Lipinski definition) is 7. The number of ether oxygens (including phenoxy) is 3. The molecule has 2 heterocycles. The topological polar surface area (TPSA) is 80.5 Å². The van der Waals surface area contributed by atoms with Crippen molar-refractivity contribution in [3.63, 3.8) is 0 Å². The van der Waals surface area contributed by atoms with Gasteiger partial charge in [0.05, 0.1) is 19.8 Å². The molecule has 0 saturated carbocycles. The largest absolute Gasteiger partial charge is 0.475 e. The standard InChI is InChI=1S/C25H44N4O4/c1-5-9-13-17-30-23-21-22(27-24(26-21)31-18-14-10-6-2)28-25(32-19-15-11-7-3)29(23)33-20-16-12-8-4/h5-20H2,1-4H3. The van der Waals surface area contributed by atoms with E-state index in [0.717, 1.165) is 77.0 Å². The van der Waals surface area contributed by atoms with E-state index in [1.807, 2.05) is 0 Å². The lowest BCUT2D eigenvalue weighted by Crippen LogP contribution is -2.22. The first kappa shape index (κ1) is 27.0. The van der Waals surface area contributed by atoms with E-state index in [0.29, 0.717) is 55.8 Å². The highest BCUT2D eigenvalue weighted by molar-refractivity contribution is 5.60. The first-order valence-electron chi connectivity index (χ1n) is 13.1. The Bertz CT molecular complexity index is 738. The summed E-state index contributed by atoms with van der Waals surface area (Å²) in [5.41, 5.74) is 0.549. The second-order valence-corrected chi connectivity index (χ2v) is 8.38. The van der Waals surface area contributed by atoms with E-state index in [-0.39, 0.29) is 0 Å². The van der Waals surface area contributed by atoms with Gasteiger partial charge < -0.3 is 19.0 Å². The molecular weight excluding hydrogens is 420 g/mol. The van der Waals surface area contributed by atoms with Gasteiger partial charge in [0.25, 0.3) is 5.88 Å². The SMILES string of the molecule is CCCCCOc1nc2nc(OCCCCC)n(OCCCCC)c(OCCCCC)c-2n1. The molecule has 0 aromatic heterocycles. The highest BCUT2D eigenvalue weighted by Crippen LogP contribution is 2.34. The monoisotopic (exact) mass is 464 g/mol. The van der Waals surface area contributed by atoms with Gasteiger partial charge in [-0.1, -0.05) is 83.8 Å². The maximum absolute atomic E-state index is 6.19. The van der Waals surface area contributed by atoms with Gasteiger partial charge in [-0.15, -0.1) is 0 Å². The quantitative estimate of drug-likeness (QED) is 0.219. The fourth-order valence-corrected chi connectivity index (χ4v) is 3.31. The minimum absolute atomic E-state index is 0.327. The average molecular weight is 465 g/mol. The van der Waals surface area contributed by atoms with Crippen LogP contribution < -0.4 is 19.0 Å². The molecule has 0 atom stereocenters. The molecule has 2 aliphatic rings. The summed E-state index contributed by atoms with van der Waals surface area (Å²) < 4.78 is 19.6. The van der Waals surface area contributed by atoms with Crippen molar-refractivity contribution in [1.29, 1.82) is 0 Å². The summed E-state index contributed by atoms with van der Waals surface area (Å²) in [6.07, 6.45) is 12.8. The molecule has 0 radical (unpaired) electrons. The molecule has 8 heteroatoms. The van der Waals surface area contributed by atoms with Crippen molar-refractivity contribution in [2.45, 2.75) is 105 Å². The molecule has 0 aromatic rings. The van der Waals surface area contributed by atoms with Gasteiger partial charge in [-0.05, 0) is 25.7 Å². The van der Waals surface area contributed by atoms with Crippen LogP contribution in [0.15, 0.2) is 0 Å². The predicted octanol–water partition coefficient (Wildman–Crippen LogP) is 6.10. The van der Waals surface area contributed by atoms with E-state index in [2.05, 4.69) is 42.6 Å². The number of rotatable bonds is 20. The Morgan fingerprint density at radius 2 is 1.12 bits per heavy atom. The number of unbranched alkanes of at least 4 members (excludes halogenated alkanes) is 8. The van der Waals surface area contributed by atoms with E-state index in [1.165, 1.54) is 0 Å². The summed E-state index contributed by atoms with van der Waals surface area (Å²) in [4.78, 5) is 19.8. The summed E-state index contributed by atoms with van der Waals surface area (Å²) in [6.45, 7) is 11.0. The predicted molar refractivity (Wildman–Crippen MR) is 130 cm³/mol. The van der Waals surface area contributed by atoms with Gasteiger partial charge in [-0.25, -0.2) is 0 Å². The molecule has 0 aliphatic carbocycles. The lowest BCUT2D eigenvalue weighted by Gasteiger charge is -2.20.